The first-order valence-electron chi connectivity index (χ1n) is 10.8. The minimum absolute atomic E-state index is 0.0851. The van der Waals surface area contributed by atoms with E-state index in [4.69, 9.17) is 0 Å². The van der Waals surface area contributed by atoms with Gasteiger partial charge in [-0.1, -0.05) is 32.4 Å². The molecule has 31 heavy (non-hydrogen) atoms. The first-order chi connectivity index (χ1) is 14.9. The van der Waals surface area contributed by atoms with Crippen LogP contribution < -0.4 is 15.5 Å². The summed E-state index contributed by atoms with van der Waals surface area (Å²) >= 11 is 0. The largest absolute Gasteiger partial charge is 0.371 e. The Kier molecular flexibility index (Phi) is 7.60. The Morgan fingerprint density at radius 3 is 2.45 bits per heavy atom. The second-order valence-corrected chi connectivity index (χ2v) is 8.10. The number of amides is 2. The Bertz CT molecular complexity index is 927. The maximum absolute atomic E-state index is 13.8. The van der Waals surface area contributed by atoms with Crippen molar-refractivity contribution in [3.05, 3.63) is 65.2 Å². The summed E-state index contributed by atoms with van der Waals surface area (Å²) < 4.78 is 26.9. The summed E-state index contributed by atoms with van der Waals surface area (Å²) in [4.78, 5) is 27.2. The third-order valence-corrected chi connectivity index (χ3v) is 5.80. The highest BCUT2D eigenvalue weighted by Gasteiger charge is 2.25. The average Bonchev–Trinajstić information content (AvgIpc) is 2.77. The van der Waals surface area contributed by atoms with E-state index in [1.807, 2.05) is 24.3 Å². The van der Waals surface area contributed by atoms with Crippen molar-refractivity contribution in [2.24, 2.45) is 5.92 Å². The molecule has 3 rings (SSSR count). The number of carbonyl (C=O) groups is 2. The van der Waals surface area contributed by atoms with Gasteiger partial charge in [-0.3, -0.25) is 9.59 Å². The first kappa shape index (κ1) is 22.7. The molecule has 0 saturated carbocycles. The number of para-hydroxylation sites is 1. The Balaban J connectivity index is 1.59. The molecule has 0 spiro atoms. The zero-order chi connectivity index (χ0) is 22.4. The van der Waals surface area contributed by atoms with E-state index in [2.05, 4.69) is 29.4 Å². The Hall–Kier alpha value is -2.96. The van der Waals surface area contributed by atoms with Crippen LogP contribution in [0.1, 0.15) is 53.8 Å². The summed E-state index contributed by atoms with van der Waals surface area (Å²) in [5.74, 6) is -1.79. The molecule has 2 amide bonds. The van der Waals surface area contributed by atoms with Crippen molar-refractivity contribution in [1.29, 1.82) is 0 Å². The van der Waals surface area contributed by atoms with E-state index in [-0.39, 0.29) is 17.5 Å². The minimum Gasteiger partial charge on any atom is -0.371 e. The second-order valence-electron chi connectivity index (χ2n) is 8.10. The molecule has 0 unspecified atom stereocenters. The van der Waals surface area contributed by atoms with E-state index in [1.165, 1.54) is 0 Å². The number of hydrogen-bond acceptors (Lipinski definition) is 3. The monoisotopic (exact) mass is 429 g/mol. The van der Waals surface area contributed by atoms with Gasteiger partial charge in [0.05, 0.1) is 11.1 Å². The fraction of sp³-hybridized carbons (Fsp3) is 0.417. The smallest absolute Gasteiger partial charge is 0.254 e. The number of hydrogen-bond donors (Lipinski definition) is 2. The van der Waals surface area contributed by atoms with Crippen molar-refractivity contribution < 1.29 is 18.4 Å². The molecular formula is C24H29F2N3O2. The molecule has 0 aromatic heterocycles. The highest BCUT2D eigenvalue weighted by Crippen LogP contribution is 2.24. The standard InChI is InChI=1S/C24H29F2N3O2/c1-3-16(2)15-27-23(30)20-6-4-5-7-22(20)29-12-10-18(11-13-29)28-24(31)19-9-8-17(25)14-21(19)26/h4-9,14,16,18H,3,10-13,15H2,1-2H3,(H,27,30)(H,28,31)/t16-/m0/s1. The predicted octanol–water partition coefficient (Wildman–Crippen LogP) is 4.14. The molecule has 7 heteroatoms. The van der Waals surface area contributed by atoms with E-state index in [1.54, 1.807) is 0 Å². The molecule has 0 aliphatic carbocycles. The van der Waals surface area contributed by atoms with Gasteiger partial charge in [-0.05, 0) is 43.0 Å². The van der Waals surface area contributed by atoms with Crippen molar-refractivity contribution in [3.63, 3.8) is 0 Å². The molecule has 1 aliphatic rings. The van der Waals surface area contributed by atoms with E-state index in [9.17, 15) is 18.4 Å². The summed E-state index contributed by atoms with van der Waals surface area (Å²) in [5, 5.41) is 5.84. The van der Waals surface area contributed by atoms with Crippen molar-refractivity contribution in [2.45, 2.75) is 39.2 Å². The van der Waals surface area contributed by atoms with Gasteiger partial charge in [0.1, 0.15) is 11.6 Å². The number of anilines is 1. The van der Waals surface area contributed by atoms with Crippen molar-refractivity contribution in [2.75, 3.05) is 24.5 Å². The predicted molar refractivity (Wildman–Crippen MR) is 117 cm³/mol. The molecule has 0 radical (unpaired) electrons. The summed E-state index contributed by atoms with van der Waals surface area (Å²) in [6.45, 7) is 6.15. The van der Waals surface area contributed by atoms with Gasteiger partial charge in [0, 0.05) is 37.4 Å². The third-order valence-electron chi connectivity index (χ3n) is 5.80. The summed E-state index contributed by atoms with van der Waals surface area (Å²) in [7, 11) is 0. The molecule has 1 heterocycles. The van der Waals surface area contributed by atoms with Gasteiger partial charge in [-0.15, -0.1) is 0 Å². The van der Waals surface area contributed by atoms with Crippen LogP contribution in [0.4, 0.5) is 14.5 Å². The lowest BCUT2D eigenvalue weighted by atomic mass is 10.0. The molecule has 2 aromatic rings. The van der Waals surface area contributed by atoms with E-state index in [0.29, 0.717) is 50.0 Å². The lowest BCUT2D eigenvalue weighted by molar-refractivity contribution is 0.0925. The van der Waals surface area contributed by atoms with Gasteiger partial charge in [0.2, 0.25) is 0 Å². The van der Waals surface area contributed by atoms with Crippen LogP contribution in [0.3, 0.4) is 0 Å². The second kappa shape index (κ2) is 10.4. The van der Waals surface area contributed by atoms with Crippen LogP contribution >= 0.6 is 0 Å². The van der Waals surface area contributed by atoms with Crippen LogP contribution in [0.5, 0.6) is 0 Å². The van der Waals surface area contributed by atoms with Gasteiger partial charge < -0.3 is 15.5 Å². The zero-order valence-corrected chi connectivity index (χ0v) is 18.0. The summed E-state index contributed by atoms with van der Waals surface area (Å²) in [5.41, 5.74) is 1.35. The molecule has 1 saturated heterocycles. The van der Waals surface area contributed by atoms with Crippen LogP contribution in [0.15, 0.2) is 42.5 Å². The van der Waals surface area contributed by atoms with Crippen molar-refractivity contribution in [1.82, 2.24) is 10.6 Å². The van der Waals surface area contributed by atoms with Crippen molar-refractivity contribution in [3.8, 4) is 0 Å². The van der Waals surface area contributed by atoms with Crippen LogP contribution in [0, 0.1) is 17.6 Å². The number of nitrogens with zero attached hydrogens (tertiary/aromatic N) is 1. The lowest BCUT2D eigenvalue weighted by Gasteiger charge is -2.35. The molecule has 1 fully saturated rings. The fourth-order valence-electron chi connectivity index (χ4n) is 3.65. The van der Waals surface area contributed by atoms with Gasteiger partial charge in [-0.2, -0.15) is 0 Å². The van der Waals surface area contributed by atoms with E-state index < -0.39 is 17.5 Å². The maximum atomic E-state index is 13.8. The molecule has 1 aliphatic heterocycles. The Morgan fingerprint density at radius 2 is 1.77 bits per heavy atom. The first-order valence-corrected chi connectivity index (χ1v) is 10.8. The summed E-state index contributed by atoms with van der Waals surface area (Å²) in [6.07, 6.45) is 2.33. The maximum Gasteiger partial charge on any atom is 0.254 e. The Morgan fingerprint density at radius 1 is 1.06 bits per heavy atom. The minimum atomic E-state index is -0.868. The molecule has 5 nitrogen and oxygen atoms in total. The SMILES string of the molecule is CC[C@H](C)CNC(=O)c1ccccc1N1CCC(NC(=O)c2ccc(F)cc2F)CC1. The molecule has 2 aromatic carbocycles. The number of rotatable bonds is 7. The lowest BCUT2D eigenvalue weighted by Crippen LogP contribution is -2.45. The van der Waals surface area contributed by atoms with Gasteiger partial charge >= 0.3 is 0 Å². The Labute approximate surface area is 181 Å². The van der Waals surface area contributed by atoms with E-state index in [0.717, 1.165) is 24.2 Å². The topological polar surface area (TPSA) is 61.4 Å². The average molecular weight is 430 g/mol. The number of piperidine rings is 1. The van der Waals surface area contributed by atoms with Gasteiger partial charge in [0.15, 0.2) is 0 Å². The molecule has 1 atom stereocenters. The van der Waals surface area contributed by atoms with E-state index >= 15 is 0 Å². The third kappa shape index (κ3) is 5.81. The molecule has 0 bridgehead atoms. The van der Waals surface area contributed by atoms with Crippen LogP contribution in [-0.4, -0.2) is 37.5 Å². The highest BCUT2D eigenvalue weighted by molar-refractivity contribution is 5.99. The number of benzene rings is 2. The quantitative estimate of drug-likeness (QED) is 0.696. The van der Waals surface area contributed by atoms with Crippen LogP contribution in [-0.2, 0) is 0 Å². The normalized spacial score (nSPS) is 15.4. The highest BCUT2D eigenvalue weighted by atomic mass is 19.1. The van der Waals surface area contributed by atoms with Crippen LogP contribution in [0.25, 0.3) is 0 Å². The summed E-state index contributed by atoms with van der Waals surface area (Å²) in [6, 6.07) is 10.4. The fourth-order valence-corrected chi connectivity index (χ4v) is 3.65. The van der Waals surface area contributed by atoms with Crippen molar-refractivity contribution >= 4 is 17.5 Å². The number of halogens is 2. The molecule has 2 N–H and O–H groups in total. The van der Waals surface area contributed by atoms with Crippen LogP contribution in [0.2, 0.25) is 0 Å². The van der Waals surface area contributed by atoms with Gasteiger partial charge in [0.25, 0.3) is 11.8 Å². The molecular weight excluding hydrogens is 400 g/mol. The zero-order valence-electron chi connectivity index (χ0n) is 18.0. The van der Waals surface area contributed by atoms with Gasteiger partial charge in [-0.25, -0.2) is 8.78 Å². The number of nitrogens with one attached hydrogen (secondary N) is 2. The molecule has 166 valence electrons. The number of carbonyl (C=O) groups excluding carboxylic acids is 2.